The summed E-state index contributed by atoms with van der Waals surface area (Å²) in [6, 6.07) is 7.44. The highest BCUT2D eigenvalue weighted by Crippen LogP contribution is 2.25. The zero-order valence-electron chi connectivity index (χ0n) is 11.6. The number of alkyl carbamates (subject to hydrolysis) is 1. The van der Waals surface area contributed by atoms with Crippen LogP contribution in [0.3, 0.4) is 0 Å². The van der Waals surface area contributed by atoms with Gasteiger partial charge in [0.15, 0.2) is 0 Å². The van der Waals surface area contributed by atoms with Crippen molar-refractivity contribution in [2.75, 3.05) is 20.3 Å². The van der Waals surface area contributed by atoms with Crippen molar-refractivity contribution >= 4 is 17.7 Å². The third-order valence-electron chi connectivity index (χ3n) is 2.71. The second-order valence-corrected chi connectivity index (χ2v) is 4.64. The first-order chi connectivity index (χ1) is 10.2. The van der Waals surface area contributed by atoms with E-state index in [1.165, 1.54) is 7.11 Å². The van der Waals surface area contributed by atoms with Crippen LogP contribution in [0.4, 0.5) is 4.79 Å². The number of halogens is 1. The fourth-order valence-electron chi connectivity index (χ4n) is 1.73. The molecule has 2 rings (SSSR count). The van der Waals surface area contributed by atoms with E-state index in [4.69, 9.17) is 16.3 Å². The molecule has 7 heteroatoms. The molecule has 0 aliphatic rings. The average Bonchev–Trinajstić information content (AvgIpc) is 2.98. The molecule has 0 radical (unpaired) electrons. The first-order valence-electron chi connectivity index (χ1n) is 6.39. The standard InChI is InChI=1S/C14H16ClN3O3/c1-20-14(19)16-6-8-21-13-4-3-11(9-12(13)15)10-18-7-2-5-17-18/h2-5,7,9H,6,8,10H2,1H3,(H,16,19). The van der Waals surface area contributed by atoms with Crippen LogP contribution in [0.1, 0.15) is 5.56 Å². The van der Waals surface area contributed by atoms with Gasteiger partial charge in [-0.1, -0.05) is 17.7 Å². The number of benzene rings is 1. The summed E-state index contributed by atoms with van der Waals surface area (Å²) in [7, 11) is 1.31. The van der Waals surface area contributed by atoms with Gasteiger partial charge in [-0.05, 0) is 23.8 Å². The van der Waals surface area contributed by atoms with Gasteiger partial charge in [0.2, 0.25) is 0 Å². The fourth-order valence-corrected chi connectivity index (χ4v) is 1.98. The van der Waals surface area contributed by atoms with Crippen LogP contribution in [0.5, 0.6) is 5.75 Å². The van der Waals surface area contributed by atoms with Crippen LogP contribution in [-0.2, 0) is 11.3 Å². The number of ether oxygens (including phenoxy) is 2. The van der Waals surface area contributed by atoms with E-state index in [2.05, 4.69) is 15.2 Å². The second kappa shape index (κ2) is 7.54. The number of hydrogen-bond donors (Lipinski definition) is 1. The molecule has 0 fully saturated rings. The summed E-state index contributed by atoms with van der Waals surface area (Å²) in [5.74, 6) is 0.576. The number of nitrogens with zero attached hydrogens (tertiary/aromatic N) is 2. The van der Waals surface area contributed by atoms with Crippen LogP contribution in [0.25, 0.3) is 0 Å². The van der Waals surface area contributed by atoms with Gasteiger partial charge >= 0.3 is 6.09 Å². The number of aromatic nitrogens is 2. The molecule has 0 spiro atoms. The molecule has 1 N–H and O–H groups in total. The highest BCUT2D eigenvalue weighted by molar-refractivity contribution is 6.32. The lowest BCUT2D eigenvalue weighted by Crippen LogP contribution is -2.27. The van der Waals surface area contributed by atoms with Crippen molar-refractivity contribution in [1.82, 2.24) is 15.1 Å². The van der Waals surface area contributed by atoms with Gasteiger partial charge in [0.1, 0.15) is 12.4 Å². The van der Waals surface area contributed by atoms with Gasteiger partial charge in [0, 0.05) is 12.4 Å². The minimum Gasteiger partial charge on any atom is -0.490 e. The fraction of sp³-hybridized carbons (Fsp3) is 0.286. The number of carbonyl (C=O) groups excluding carboxylic acids is 1. The van der Waals surface area contributed by atoms with Crippen LogP contribution in [0.15, 0.2) is 36.7 Å². The van der Waals surface area contributed by atoms with Crippen molar-refractivity contribution in [3.63, 3.8) is 0 Å². The molecule has 6 nitrogen and oxygen atoms in total. The molecule has 1 amide bonds. The predicted molar refractivity (Wildman–Crippen MR) is 78.7 cm³/mol. The first kappa shape index (κ1) is 15.2. The maximum Gasteiger partial charge on any atom is 0.406 e. The Morgan fingerprint density at radius 2 is 2.33 bits per heavy atom. The summed E-state index contributed by atoms with van der Waals surface area (Å²) in [5.41, 5.74) is 1.03. The van der Waals surface area contributed by atoms with E-state index < -0.39 is 6.09 Å². The van der Waals surface area contributed by atoms with Crippen LogP contribution in [0.2, 0.25) is 5.02 Å². The molecule has 0 saturated heterocycles. The second-order valence-electron chi connectivity index (χ2n) is 4.24. The summed E-state index contributed by atoms with van der Waals surface area (Å²) in [4.78, 5) is 10.9. The maximum atomic E-state index is 10.9. The molecule has 0 aliphatic carbocycles. The Labute approximate surface area is 127 Å². The van der Waals surface area contributed by atoms with Crippen molar-refractivity contribution < 1.29 is 14.3 Å². The maximum absolute atomic E-state index is 10.9. The molecule has 0 saturated carbocycles. The minimum atomic E-state index is -0.487. The Morgan fingerprint density at radius 3 is 3.00 bits per heavy atom. The summed E-state index contributed by atoms with van der Waals surface area (Å²) < 4.78 is 11.8. The third-order valence-corrected chi connectivity index (χ3v) is 3.01. The van der Waals surface area contributed by atoms with Crippen molar-refractivity contribution in [3.05, 3.63) is 47.2 Å². The largest absolute Gasteiger partial charge is 0.490 e. The summed E-state index contributed by atoms with van der Waals surface area (Å²) in [6.07, 6.45) is 3.13. The number of amides is 1. The van der Waals surface area contributed by atoms with Gasteiger partial charge in [-0.25, -0.2) is 4.79 Å². The van der Waals surface area contributed by atoms with Crippen LogP contribution in [0, 0.1) is 0 Å². The molecule has 2 aromatic rings. The van der Waals surface area contributed by atoms with Gasteiger partial charge in [-0.3, -0.25) is 4.68 Å². The Morgan fingerprint density at radius 1 is 1.48 bits per heavy atom. The van der Waals surface area contributed by atoms with E-state index in [-0.39, 0.29) is 0 Å². The van der Waals surface area contributed by atoms with E-state index in [9.17, 15) is 4.79 Å². The molecule has 21 heavy (non-hydrogen) atoms. The first-order valence-corrected chi connectivity index (χ1v) is 6.77. The van der Waals surface area contributed by atoms with Crippen LogP contribution < -0.4 is 10.1 Å². The zero-order valence-corrected chi connectivity index (χ0v) is 12.3. The van der Waals surface area contributed by atoms with Crippen molar-refractivity contribution in [2.24, 2.45) is 0 Å². The topological polar surface area (TPSA) is 65.4 Å². The highest BCUT2D eigenvalue weighted by atomic mass is 35.5. The van der Waals surface area contributed by atoms with E-state index >= 15 is 0 Å². The Balaban J connectivity index is 1.85. The molecular weight excluding hydrogens is 294 g/mol. The lowest BCUT2D eigenvalue weighted by Gasteiger charge is -2.10. The highest BCUT2D eigenvalue weighted by Gasteiger charge is 2.05. The third kappa shape index (κ3) is 4.68. The molecule has 1 aromatic heterocycles. The number of hydrogen-bond acceptors (Lipinski definition) is 4. The number of methoxy groups -OCH3 is 1. The monoisotopic (exact) mass is 309 g/mol. The predicted octanol–water partition coefficient (Wildman–Crippen LogP) is 2.32. The van der Waals surface area contributed by atoms with Crippen molar-refractivity contribution in [3.8, 4) is 5.75 Å². The molecule has 0 bridgehead atoms. The van der Waals surface area contributed by atoms with Crippen LogP contribution in [-0.4, -0.2) is 36.1 Å². The summed E-state index contributed by atoms with van der Waals surface area (Å²) >= 11 is 6.17. The van der Waals surface area contributed by atoms with Gasteiger partial charge in [0.05, 0.1) is 25.2 Å². The Kier molecular flexibility index (Phi) is 5.45. The van der Waals surface area contributed by atoms with Crippen LogP contribution >= 0.6 is 11.6 Å². The SMILES string of the molecule is COC(=O)NCCOc1ccc(Cn2cccn2)cc1Cl. The molecule has 112 valence electrons. The molecular formula is C14H16ClN3O3. The van der Waals surface area contributed by atoms with Crippen molar-refractivity contribution in [1.29, 1.82) is 0 Å². The zero-order chi connectivity index (χ0) is 15.1. The molecule has 1 aromatic carbocycles. The van der Waals surface area contributed by atoms with E-state index in [1.54, 1.807) is 12.3 Å². The number of carbonyl (C=O) groups is 1. The molecule has 1 heterocycles. The normalized spacial score (nSPS) is 10.2. The van der Waals surface area contributed by atoms with Gasteiger partial charge in [-0.2, -0.15) is 5.10 Å². The lowest BCUT2D eigenvalue weighted by molar-refractivity contribution is 0.168. The Hall–Kier alpha value is -2.21. The molecule has 0 atom stereocenters. The Bertz CT molecular complexity index is 587. The van der Waals surface area contributed by atoms with E-state index in [0.29, 0.717) is 30.5 Å². The van der Waals surface area contributed by atoms with E-state index in [0.717, 1.165) is 5.56 Å². The molecule has 0 unspecified atom stereocenters. The minimum absolute atomic E-state index is 0.313. The average molecular weight is 310 g/mol. The number of rotatable bonds is 6. The van der Waals surface area contributed by atoms with Gasteiger partial charge in [0.25, 0.3) is 0 Å². The number of nitrogens with one attached hydrogen (secondary N) is 1. The lowest BCUT2D eigenvalue weighted by atomic mass is 10.2. The summed E-state index contributed by atoms with van der Waals surface area (Å²) in [6.45, 7) is 1.31. The summed E-state index contributed by atoms with van der Waals surface area (Å²) in [5, 5.41) is 7.19. The molecule has 0 aliphatic heterocycles. The smallest absolute Gasteiger partial charge is 0.406 e. The van der Waals surface area contributed by atoms with E-state index in [1.807, 2.05) is 29.1 Å². The van der Waals surface area contributed by atoms with Gasteiger partial charge in [-0.15, -0.1) is 0 Å². The van der Waals surface area contributed by atoms with Crippen molar-refractivity contribution in [2.45, 2.75) is 6.54 Å². The quantitative estimate of drug-likeness (QED) is 0.832. The van der Waals surface area contributed by atoms with Gasteiger partial charge < -0.3 is 14.8 Å².